The van der Waals surface area contributed by atoms with Crippen molar-refractivity contribution >= 4 is 67.8 Å². The summed E-state index contributed by atoms with van der Waals surface area (Å²) < 4.78 is 0. The highest BCUT2D eigenvalue weighted by molar-refractivity contribution is 7.01. The van der Waals surface area contributed by atoms with Crippen LogP contribution in [0, 0.1) is 0 Å². The first kappa shape index (κ1) is 34.1. The van der Waals surface area contributed by atoms with Crippen molar-refractivity contribution in [2.75, 3.05) is 4.90 Å². The van der Waals surface area contributed by atoms with Gasteiger partial charge in [0.25, 0.3) is 0 Å². The molecular formula is C57H41NSi. The van der Waals surface area contributed by atoms with E-state index in [1.165, 1.54) is 92.9 Å². The lowest BCUT2D eigenvalue weighted by molar-refractivity contribution is 0.754. The van der Waals surface area contributed by atoms with Crippen molar-refractivity contribution in [2.45, 2.75) is 18.5 Å². The van der Waals surface area contributed by atoms with Crippen molar-refractivity contribution < 1.29 is 0 Å². The number of rotatable bonds is 4. The fourth-order valence-electron chi connectivity index (χ4n) is 10.9. The Balaban J connectivity index is 1.19. The van der Waals surface area contributed by atoms with E-state index in [1.54, 1.807) is 0 Å². The van der Waals surface area contributed by atoms with Crippen LogP contribution in [-0.4, -0.2) is 8.07 Å². The van der Waals surface area contributed by atoms with E-state index in [1.807, 2.05) is 0 Å². The summed E-state index contributed by atoms with van der Waals surface area (Å²) in [5.41, 5.74) is 13.7. The summed E-state index contributed by atoms with van der Waals surface area (Å²) in [6.45, 7) is 5.13. The van der Waals surface area contributed by atoms with Gasteiger partial charge in [-0.25, -0.2) is 0 Å². The van der Waals surface area contributed by atoms with Crippen LogP contribution in [0.2, 0.25) is 13.1 Å². The number of hydrogen-bond donors (Lipinski definition) is 0. The van der Waals surface area contributed by atoms with Crippen molar-refractivity contribution in [3.8, 4) is 22.3 Å². The lowest BCUT2D eigenvalue weighted by atomic mass is 9.59. The van der Waals surface area contributed by atoms with E-state index in [-0.39, 0.29) is 0 Å². The minimum absolute atomic E-state index is 0.483. The van der Waals surface area contributed by atoms with Gasteiger partial charge in [-0.2, -0.15) is 0 Å². The number of anilines is 3. The molecule has 1 nitrogen and oxygen atoms in total. The molecule has 1 aliphatic heterocycles. The monoisotopic (exact) mass is 767 g/mol. The number of hydrogen-bond acceptors (Lipinski definition) is 1. The highest BCUT2D eigenvalue weighted by Gasteiger charge is 2.52. The predicted molar refractivity (Wildman–Crippen MR) is 253 cm³/mol. The maximum Gasteiger partial charge on any atom is 0.113 e. The van der Waals surface area contributed by atoms with Crippen LogP contribution < -0.4 is 15.3 Å². The van der Waals surface area contributed by atoms with Gasteiger partial charge in [0.2, 0.25) is 0 Å². The smallest absolute Gasteiger partial charge is 0.113 e. The van der Waals surface area contributed by atoms with Crippen LogP contribution in [0.15, 0.2) is 212 Å². The largest absolute Gasteiger partial charge is 0.310 e. The molecule has 0 saturated carbocycles. The van der Waals surface area contributed by atoms with Gasteiger partial charge in [-0.3, -0.25) is 0 Å². The molecule has 10 aromatic rings. The Bertz CT molecular complexity index is 3320. The van der Waals surface area contributed by atoms with Gasteiger partial charge in [0.15, 0.2) is 0 Å². The van der Waals surface area contributed by atoms with E-state index in [9.17, 15) is 0 Å². The fraction of sp³-hybridized carbons (Fsp3) is 0.0526. The van der Waals surface area contributed by atoms with E-state index < -0.39 is 13.5 Å². The first-order valence-electron chi connectivity index (χ1n) is 20.8. The van der Waals surface area contributed by atoms with Crippen molar-refractivity contribution in [1.82, 2.24) is 0 Å². The van der Waals surface area contributed by atoms with Crippen LogP contribution >= 0.6 is 0 Å². The molecule has 2 heteroatoms. The van der Waals surface area contributed by atoms with E-state index in [0.29, 0.717) is 0 Å². The topological polar surface area (TPSA) is 3.24 Å². The van der Waals surface area contributed by atoms with E-state index in [0.717, 1.165) is 11.4 Å². The molecule has 278 valence electrons. The quantitative estimate of drug-likeness (QED) is 0.161. The Hall–Kier alpha value is -7.00. The van der Waals surface area contributed by atoms with Crippen LogP contribution in [-0.2, 0) is 5.41 Å². The second-order valence-electron chi connectivity index (χ2n) is 16.8. The van der Waals surface area contributed by atoms with Crippen molar-refractivity contribution in [3.05, 3.63) is 235 Å². The van der Waals surface area contributed by atoms with Crippen LogP contribution in [0.3, 0.4) is 0 Å². The zero-order valence-electron chi connectivity index (χ0n) is 33.2. The summed E-state index contributed by atoms with van der Waals surface area (Å²) in [5, 5.41) is 10.6. The molecule has 1 aliphatic carbocycles. The van der Waals surface area contributed by atoms with Crippen LogP contribution in [0.1, 0.15) is 22.3 Å². The number of benzene rings is 10. The summed E-state index contributed by atoms with van der Waals surface area (Å²) in [6.07, 6.45) is 0. The van der Waals surface area contributed by atoms with Gasteiger partial charge in [-0.1, -0.05) is 195 Å². The summed E-state index contributed by atoms with van der Waals surface area (Å²) in [7, 11) is -2.31. The van der Waals surface area contributed by atoms with Gasteiger partial charge < -0.3 is 4.90 Å². The molecule has 12 rings (SSSR count). The Morgan fingerprint density at radius 3 is 1.85 bits per heavy atom. The Morgan fingerprint density at radius 2 is 0.983 bits per heavy atom. The van der Waals surface area contributed by atoms with Crippen molar-refractivity contribution in [2.24, 2.45) is 0 Å². The normalized spacial score (nSPS) is 15.8. The minimum atomic E-state index is -2.31. The Kier molecular flexibility index (Phi) is 7.36. The minimum Gasteiger partial charge on any atom is -0.310 e. The molecule has 0 aromatic heterocycles. The molecule has 1 heterocycles. The van der Waals surface area contributed by atoms with E-state index >= 15 is 0 Å². The molecule has 0 N–H and O–H groups in total. The highest BCUT2D eigenvalue weighted by atomic mass is 28.3. The highest BCUT2D eigenvalue weighted by Crippen LogP contribution is 2.56. The molecule has 10 aromatic carbocycles. The molecule has 0 bridgehead atoms. The third-order valence-corrected chi connectivity index (χ3v) is 17.0. The fourth-order valence-corrected chi connectivity index (χ4v) is 14.1. The molecule has 1 atom stereocenters. The first-order valence-corrected chi connectivity index (χ1v) is 23.8. The molecule has 1 spiro atoms. The standard InChI is InChI=1S/C57H41NSi/c1-59(2)53-29-13-12-27-49(53)57(48-26-11-10-24-46(48)47-25-14-21-40-22-15-28-51(57)55(40)47)50-34-33-44(37-54(50)59)58(43-32-30-38-16-6-7-20-42(38)36-43)52-35-31-39-17-8-9-23-45(39)56(52)41-18-4-3-5-19-41/h3-37H,1-2H3. The molecule has 59 heavy (non-hydrogen) atoms. The Morgan fingerprint density at radius 1 is 0.390 bits per heavy atom. The van der Waals surface area contributed by atoms with Gasteiger partial charge >= 0.3 is 0 Å². The van der Waals surface area contributed by atoms with E-state index in [2.05, 4.69) is 230 Å². The van der Waals surface area contributed by atoms with Crippen molar-refractivity contribution in [1.29, 1.82) is 0 Å². The second-order valence-corrected chi connectivity index (χ2v) is 21.1. The maximum absolute atomic E-state index is 2.58. The summed E-state index contributed by atoms with van der Waals surface area (Å²) in [4.78, 5) is 2.53. The van der Waals surface area contributed by atoms with Crippen LogP contribution in [0.4, 0.5) is 17.1 Å². The zero-order chi connectivity index (χ0) is 39.3. The lowest BCUT2D eigenvalue weighted by Crippen LogP contribution is -2.63. The van der Waals surface area contributed by atoms with Crippen molar-refractivity contribution in [3.63, 3.8) is 0 Å². The molecule has 2 aliphatic rings. The summed E-state index contributed by atoms with van der Waals surface area (Å²) in [5.74, 6) is 0. The van der Waals surface area contributed by atoms with Gasteiger partial charge in [-0.15, -0.1) is 0 Å². The molecule has 0 saturated heterocycles. The maximum atomic E-state index is 2.58. The van der Waals surface area contributed by atoms with E-state index in [4.69, 9.17) is 0 Å². The molecule has 0 amide bonds. The van der Waals surface area contributed by atoms with Crippen LogP contribution in [0.25, 0.3) is 54.6 Å². The van der Waals surface area contributed by atoms with Gasteiger partial charge in [0.1, 0.15) is 8.07 Å². The van der Waals surface area contributed by atoms with Gasteiger partial charge in [0.05, 0.1) is 11.1 Å². The Labute approximate surface area is 346 Å². The predicted octanol–water partition coefficient (Wildman–Crippen LogP) is 13.8. The van der Waals surface area contributed by atoms with Crippen LogP contribution in [0.5, 0.6) is 0 Å². The SMILES string of the molecule is C[Si]1(C)c2ccccc2C2(c3ccccc3-c3cccc4cccc2c34)c2ccc(N(c3ccc4ccccc4c3)c3ccc4ccccc4c3-c3ccccc3)cc21. The first-order chi connectivity index (χ1) is 29.0. The second kappa shape index (κ2) is 12.7. The van der Waals surface area contributed by atoms with Gasteiger partial charge in [0, 0.05) is 16.9 Å². The molecular weight excluding hydrogens is 727 g/mol. The average Bonchev–Trinajstić information content (AvgIpc) is 3.29. The third-order valence-electron chi connectivity index (χ3n) is 13.5. The third kappa shape index (κ3) is 4.78. The summed E-state index contributed by atoms with van der Waals surface area (Å²) >= 11 is 0. The summed E-state index contributed by atoms with van der Waals surface area (Å²) in [6, 6.07) is 80.0. The lowest BCUT2D eigenvalue weighted by Gasteiger charge is -2.50. The molecule has 0 fully saturated rings. The molecule has 0 radical (unpaired) electrons. The zero-order valence-corrected chi connectivity index (χ0v) is 34.2. The number of nitrogens with zero attached hydrogens (tertiary/aromatic N) is 1. The van der Waals surface area contributed by atoms with Gasteiger partial charge in [-0.05, 0) is 112 Å². The average molecular weight is 768 g/mol. The molecule has 1 unspecified atom stereocenters. The number of fused-ring (bicyclic) bond motifs is 10.